The van der Waals surface area contributed by atoms with E-state index in [0.717, 1.165) is 22.0 Å². The molecule has 0 fully saturated rings. The summed E-state index contributed by atoms with van der Waals surface area (Å²) < 4.78 is 4.54. The molecule has 0 aliphatic carbocycles. The standard InChI is InChI=1S/C17H15N5O2S/c1-9-4-5-10(2)15-13(9)6-12(7-18)17(20-15)25-8-14(23)19-16-11(3)21-24-22-16/h4-6H,8H2,1-3H3,(H,19,22,23). The molecular weight excluding hydrogens is 338 g/mol. The lowest BCUT2D eigenvalue weighted by atomic mass is 10.0. The third-order valence-corrected chi connectivity index (χ3v) is 4.73. The van der Waals surface area contributed by atoms with Crippen LogP contribution in [0.5, 0.6) is 0 Å². The van der Waals surface area contributed by atoms with E-state index in [1.54, 1.807) is 6.92 Å². The lowest BCUT2D eigenvalue weighted by molar-refractivity contribution is -0.113. The number of anilines is 1. The van der Waals surface area contributed by atoms with E-state index in [0.29, 0.717) is 22.1 Å². The van der Waals surface area contributed by atoms with Crippen LogP contribution in [0.3, 0.4) is 0 Å². The number of nitrogens with one attached hydrogen (secondary N) is 1. The van der Waals surface area contributed by atoms with E-state index >= 15 is 0 Å². The van der Waals surface area contributed by atoms with Gasteiger partial charge in [0, 0.05) is 5.39 Å². The average Bonchev–Trinajstić information content (AvgIpc) is 3.00. The van der Waals surface area contributed by atoms with Gasteiger partial charge < -0.3 is 5.32 Å². The first-order chi connectivity index (χ1) is 12.0. The van der Waals surface area contributed by atoms with Gasteiger partial charge in [0.25, 0.3) is 0 Å². The fourth-order valence-electron chi connectivity index (χ4n) is 2.35. The molecule has 0 aliphatic heterocycles. The number of aryl methyl sites for hydroxylation is 3. The van der Waals surface area contributed by atoms with Crippen LogP contribution in [0.4, 0.5) is 5.82 Å². The summed E-state index contributed by atoms with van der Waals surface area (Å²) in [6, 6.07) is 8.00. The van der Waals surface area contributed by atoms with E-state index in [2.05, 4.69) is 31.3 Å². The van der Waals surface area contributed by atoms with Crippen LogP contribution in [0, 0.1) is 32.1 Å². The number of fused-ring (bicyclic) bond motifs is 1. The van der Waals surface area contributed by atoms with Crippen molar-refractivity contribution in [1.29, 1.82) is 5.26 Å². The minimum atomic E-state index is -0.268. The molecule has 3 rings (SSSR count). The van der Waals surface area contributed by atoms with Gasteiger partial charge in [0.1, 0.15) is 16.8 Å². The van der Waals surface area contributed by atoms with Crippen LogP contribution >= 0.6 is 11.8 Å². The van der Waals surface area contributed by atoms with Crippen molar-refractivity contribution in [1.82, 2.24) is 15.3 Å². The highest BCUT2D eigenvalue weighted by molar-refractivity contribution is 8.00. The molecule has 126 valence electrons. The second kappa shape index (κ2) is 6.91. The number of thioether (sulfide) groups is 1. The summed E-state index contributed by atoms with van der Waals surface area (Å²) in [6.07, 6.45) is 0. The van der Waals surface area contributed by atoms with E-state index in [4.69, 9.17) is 0 Å². The molecule has 0 spiro atoms. The Balaban J connectivity index is 1.83. The molecule has 2 heterocycles. The summed E-state index contributed by atoms with van der Waals surface area (Å²) in [5.74, 6) is 0.129. The van der Waals surface area contributed by atoms with Crippen molar-refractivity contribution in [2.75, 3.05) is 11.1 Å². The summed E-state index contributed by atoms with van der Waals surface area (Å²) in [5, 5.41) is 20.7. The Kier molecular flexibility index (Phi) is 4.67. The van der Waals surface area contributed by atoms with Crippen molar-refractivity contribution in [2.45, 2.75) is 25.8 Å². The molecule has 25 heavy (non-hydrogen) atoms. The zero-order chi connectivity index (χ0) is 18.0. The topological polar surface area (TPSA) is 105 Å². The van der Waals surface area contributed by atoms with Gasteiger partial charge in [-0.15, -0.1) is 0 Å². The highest BCUT2D eigenvalue weighted by atomic mass is 32.2. The highest BCUT2D eigenvalue weighted by Gasteiger charge is 2.14. The molecule has 0 aliphatic rings. The smallest absolute Gasteiger partial charge is 0.236 e. The molecule has 0 unspecified atom stereocenters. The number of amides is 1. The van der Waals surface area contributed by atoms with E-state index in [1.807, 2.05) is 32.0 Å². The summed E-state index contributed by atoms with van der Waals surface area (Å²) in [7, 11) is 0. The minimum absolute atomic E-state index is 0.102. The Labute approximate surface area is 148 Å². The Bertz CT molecular complexity index is 1010. The maximum Gasteiger partial charge on any atom is 0.236 e. The molecule has 0 radical (unpaired) electrons. The number of hydrogen-bond donors (Lipinski definition) is 1. The molecule has 0 bridgehead atoms. The molecule has 0 saturated heterocycles. The Morgan fingerprint density at radius 1 is 1.28 bits per heavy atom. The van der Waals surface area contributed by atoms with Crippen molar-refractivity contribution >= 4 is 34.4 Å². The summed E-state index contributed by atoms with van der Waals surface area (Å²) in [5.41, 5.74) is 3.90. The zero-order valence-electron chi connectivity index (χ0n) is 14.0. The lowest BCUT2D eigenvalue weighted by Crippen LogP contribution is -2.15. The highest BCUT2D eigenvalue weighted by Crippen LogP contribution is 2.28. The fourth-order valence-corrected chi connectivity index (χ4v) is 3.11. The van der Waals surface area contributed by atoms with Crippen molar-refractivity contribution in [3.05, 3.63) is 40.6 Å². The molecule has 2 aromatic heterocycles. The Morgan fingerprint density at radius 2 is 2.04 bits per heavy atom. The molecule has 1 amide bonds. The van der Waals surface area contributed by atoms with Crippen LogP contribution in [0.2, 0.25) is 0 Å². The van der Waals surface area contributed by atoms with Gasteiger partial charge in [-0.2, -0.15) is 5.26 Å². The molecule has 1 N–H and O–H groups in total. The van der Waals surface area contributed by atoms with Gasteiger partial charge in [-0.3, -0.25) is 4.79 Å². The van der Waals surface area contributed by atoms with Crippen molar-refractivity contribution < 1.29 is 9.42 Å². The normalized spacial score (nSPS) is 10.6. The number of rotatable bonds is 4. The van der Waals surface area contributed by atoms with Gasteiger partial charge in [-0.05, 0) is 43.1 Å². The number of carbonyl (C=O) groups excluding carboxylic acids is 1. The molecular formula is C17H15N5O2S. The van der Waals surface area contributed by atoms with Crippen molar-refractivity contribution in [3.8, 4) is 6.07 Å². The third-order valence-electron chi connectivity index (χ3n) is 3.74. The van der Waals surface area contributed by atoms with Crippen LogP contribution in [-0.2, 0) is 4.79 Å². The molecule has 8 heteroatoms. The van der Waals surface area contributed by atoms with Gasteiger partial charge in [-0.1, -0.05) is 29.1 Å². The number of hydrogen-bond acceptors (Lipinski definition) is 7. The van der Waals surface area contributed by atoms with E-state index in [1.165, 1.54) is 11.8 Å². The van der Waals surface area contributed by atoms with Gasteiger partial charge >= 0.3 is 0 Å². The van der Waals surface area contributed by atoms with Gasteiger partial charge in [0.2, 0.25) is 5.91 Å². The summed E-state index contributed by atoms with van der Waals surface area (Å²) >= 11 is 1.21. The maximum absolute atomic E-state index is 12.1. The Morgan fingerprint density at radius 3 is 2.72 bits per heavy atom. The fraction of sp³-hybridized carbons (Fsp3) is 0.235. The van der Waals surface area contributed by atoms with Gasteiger partial charge in [-0.25, -0.2) is 9.61 Å². The monoisotopic (exact) mass is 353 g/mol. The second-order valence-electron chi connectivity index (χ2n) is 5.58. The van der Waals surface area contributed by atoms with E-state index < -0.39 is 0 Å². The van der Waals surface area contributed by atoms with Crippen LogP contribution in [0.1, 0.15) is 22.4 Å². The average molecular weight is 353 g/mol. The second-order valence-corrected chi connectivity index (χ2v) is 6.55. The van der Waals surface area contributed by atoms with E-state index in [-0.39, 0.29) is 11.7 Å². The first-order valence-electron chi connectivity index (χ1n) is 7.52. The largest absolute Gasteiger partial charge is 0.306 e. The van der Waals surface area contributed by atoms with Crippen molar-refractivity contribution in [3.63, 3.8) is 0 Å². The SMILES string of the molecule is Cc1nonc1NC(=O)CSc1nc2c(C)ccc(C)c2cc1C#N. The predicted molar refractivity (Wildman–Crippen MR) is 94.3 cm³/mol. The summed E-state index contributed by atoms with van der Waals surface area (Å²) in [4.78, 5) is 16.7. The predicted octanol–water partition coefficient (Wildman–Crippen LogP) is 3.15. The zero-order valence-corrected chi connectivity index (χ0v) is 14.8. The maximum atomic E-state index is 12.1. The first-order valence-corrected chi connectivity index (χ1v) is 8.51. The molecule has 0 saturated carbocycles. The van der Waals surface area contributed by atoms with Crippen molar-refractivity contribution in [2.24, 2.45) is 0 Å². The number of nitriles is 1. The molecule has 3 aromatic rings. The quantitative estimate of drug-likeness (QED) is 0.718. The van der Waals surface area contributed by atoms with Gasteiger partial charge in [0.05, 0.1) is 16.8 Å². The van der Waals surface area contributed by atoms with Crippen LogP contribution in [0.15, 0.2) is 27.9 Å². The first kappa shape index (κ1) is 16.9. The number of aromatic nitrogens is 3. The van der Waals surface area contributed by atoms with E-state index in [9.17, 15) is 10.1 Å². The summed E-state index contributed by atoms with van der Waals surface area (Å²) in [6.45, 7) is 5.64. The lowest BCUT2D eigenvalue weighted by Gasteiger charge is -2.09. The van der Waals surface area contributed by atoms with Gasteiger partial charge in [0.15, 0.2) is 5.82 Å². The number of nitrogens with zero attached hydrogens (tertiary/aromatic N) is 4. The molecule has 0 atom stereocenters. The van der Waals surface area contributed by atoms with Crippen LogP contribution in [-0.4, -0.2) is 27.0 Å². The molecule has 7 nitrogen and oxygen atoms in total. The van der Waals surface area contributed by atoms with Crippen LogP contribution in [0.25, 0.3) is 10.9 Å². The third kappa shape index (κ3) is 3.46. The number of pyridine rings is 1. The minimum Gasteiger partial charge on any atom is -0.306 e. The number of carbonyl (C=O) groups is 1. The molecule has 1 aromatic carbocycles. The number of benzene rings is 1. The Hall–Kier alpha value is -2.92. The van der Waals surface area contributed by atoms with Crippen LogP contribution < -0.4 is 5.32 Å².